The largest absolute Gasteiger partial charge is 0.371 e. The molecule has 0 aromatic heterocycles. The molecule has 0 saturated carbocycles. The van der Waals surface area contributed by atoms with E-state index in [0.717, 1.165) is 11.1 Å². The van der Waals surface area contributed by atoms with Gasteiger partial charge in [-0.05, 0) is 18.1 Å². The van der Waals surface area contributed by atoms with Crippen LogP contribution in [0.2, 0.25) is 0 Å². The summed E-state index contributed by atoms with van der Waals surface area (Å²) < 4.78 is 17.6. The smallest absolute Gasteiger partial charge is 0.157 e. The summed E-state index contributed by atoms with van der Waals surface area (Å²) in [6.45, 7) is 2.91. The molecule has 1 N–H and O–H groups in total. The lowest BCUT2D eigenvalue weighted by Gasteiger charge is -2.38. The van der Waals surface area contributed by atoms with Gasteiger partial charge in [0.15, 0.2) is 6.29 Å². The molecule has 4 heteroatoms. The van der Waals surface area contributed by atoms with Crippen LogP contribution in [0.4, 0.5) is 0 Å². The Hall–Kier alpha value is -1.72. The van der Waals surface area contributed by atoms with E-state index in [1.54, 1.807) is 0 Å². The first-order valence-electron chi connectivity index (χ1n) is 8.37. The van der Waals surface area contributed by atoms with E-state index in [1.807, 2.05) is 67.6 Å². The summed E-state index contributed by atoms with van der Waals surface area (Å²) >= 11 is 0. The topological polar surface area (TPSA) is 47.9 Å². The number of benzene rings is 2. The molecule has 1 aliphatic heterocycles. The fourth-order valence-corrected chi connectivity index (χ4v) is 2.97. The van der Waals surface area contributed by atoms with Gasteiger partial charge >= 0.3 is 0 Å². The highest BCUT2D eigenvalue weighted by molar-refractivity contribution is 5.14. The van der Waals surface area contributed by atoms with Crippen molar-refractivity contribution in [1.82, 2.24) is 0 Å². The van der Waals surface area contributed by atoms with Gasteiger partial charge in [-0.1, -0.05) is 60.7 Å². The average molecular weight is 328 g/mol. The average Bonchev–Trinajstić information content (AvgIpc) is 2.61. The van der Waals surface area contributed by atoms with Crippen LogP contribution < -0.4 is 0 Å². The molecule has 4 nitrogen and oxygen atoms in total. The van der Waals surface area contributed by atoms with Crippen molar-refractivity contribution < 1.29 is 19.3 Å². The first-order valence-corrected chi connectivity index (χ1v) is 8.37. The molecular formula is C20H24O4. The number of aliphatic hydroxyl groups is 1. The summed E-state index contributed by atoms with van der Waals surface area (Å²) in [7, 11) is 0. The minimum Gasteiger partial charge on any atom is -0.371 e. The monoisotopic (exact) mass is 328 g/mol. The third-order valence-corrected chi connectivity index (χ3v) is 4.23. The van der Waals surface area contributed by atoms with E-state index in [4.69, 9.17) is 14.2 Å². The summed E-state index contributed by atoms with van der Waals surface area (Å²) in [5, 5.41) is 9.89. The lowest BCUT2D eigenvalue weighted by atomic mass is 10.0. The molecule has 0 bridgehead atoms. The highest BCUT2D eigenvalue weighted by Crippen LogP contribution is 2.26. The van der Waals surface area contributed by atoms with Crippen molar-refractivity contribution in [1.29, 1.82) is 0 Å². The van der Waals surface area contributed by atoms with Crippen LogP contribution in [0, 0.1) is 0 Å². The van der Waals surface area contributed by atoms with Crippen molar-refractivity contribution in [3.8, 4) is 0 Å². The van der Waals surface area contributed by atoms with E-state index in [9.17, 15) is 5.11 Å². The maximum Gasteiger partial charge on any atom is 0.157 e. The molecule has 1 saturated heterocycles. The molecule has 24 heavy (non-hydrogen) atoms. The zero-order chi connectivity index (χ0) is 16.8. The van der Waals surface area contributed by atoms with Gasteiger partial charge in [0, 0.05) is 6.42 Å². The molecule has 2 aromatic carbocycles. The normalized spacial score (nSPS) is 27.1. The second kappa shape index (κ2) is 8.40. The predicted molar refractivity (Wildman–Crippen MR) is 91.2 cm³/mol. The van der Waals surface area contributed by atoms with Gasteiger partial charge in [-0.25, -0.2) is 0 Å². The highest BCUT2D eigenvalue weighted by atomic mass is 16.6. The molecular weight excluding hydrogens is 304 g/mol. The molecule has 0 radical (unpaired) electrons. The Kier molecular flexibility index (Phi) is 5.99. The molecule has 0 spiro atoms. The molecule has 3 rings (SSSR count). The van der Waals surface area contributed by atoms with E-state index >= 15 is 0 Å². The molecule has 1 heterocycles. The Balaban J connectivity index is 1.61. The summed E-state index contributed by atoms with van der Waals surface area (Å²) in [5.74, 6) is 0. The lowest BCUT2D eigenvalue weighted by Crippen LogP contribution is -2.49. The van der Waals surface area contributed by atoms with Crippen molar-refractivity contribution >= 4 is 0 Å². The van der Waals surface area contributed by atoms with Crippen molar-refractivity contribution in [2.24, 2.45) is 0 Å². The first-order chi connectivity index (χ1) is 11.7. The van der Waals surface area contributed by atoms with Gasteiger partial charge in [0.1, 0.15) is 6.10 Å². The van der Waals surface area contributed by atoms with Gasteiger partial charge in [0.2, 0.25) is 0 Å². The number of hydrogen-bond donors (Lipinski definition) is 1. The van der Waals surface area contributed by atoms with Gasteiger partial charge in [0.05, 0.1) is 25.4 Å². The van der Waals surface area contributed by atoms with Crippen LogP contribution >= 0.6 is 0 Å². The van der Waals surface area contributed by atoms with Crippen LogP contribution in [-0.4, -0.2) is 29.7 Å². The summed E-state index contributed by atoms with van der Waals surface area (Å²) in [5.41, 5.74) is 2.21. The van der Waals surface area contributed by atoms with Gasteiger partial charge in [0.25, 0.3) is 0 Å². The van der Waals surface area contributed by atoms with Crippen LogP contribution in [0.3, 0.4) is 0 Å². The summed E-state index contributed by atoms with van der Waals surface area (Å²) in [4.78, 5) is 0. The predicted octanol–water partition coefficient (Wildman–Crippen LogP) is 3.28. The van der Waals surface area contributed by atoms with Crippen molar-refractivity contribution in [2.75, 3.05) is 0 Å². The van der Waals surface area contributed by atoms with Gasteiger partial charge in [-0.3, -0.25) is 0 Å². The summed E-state index contributed by atoms with van der Waals surface area (Å²) in [6, 6.07) is 20.0. The van der Waals surface area contributed by atoms with Crippen molar-refractivity contribution in [3.05, 3.63) is 71.8 Å². The molecule has 1 fully saturated rings. The minimum atomic E-state index is -0.808. The number of rotatable bonds is 6. The Morgan fingerprint density at radius 2 is 1.46 bits per heavy atom. The molecule has 4 atom stereocenters. The molecule has 1 aliphatic rings. The van der Waals surface area contributed by atoms with Crippen LogP contribution in [0.1, 0.15) is 24.5 Å². The first kappa shape index (κ1) is 17.1. The standard InChI is InChI=1S/C20H24O4/c1-15-20(23-14-17-10-6-3-7-11-17)18(12-19(21)24-15)22-13-16-8-4-2-5-9-16/h2-11,15,18-21H,12-14H2,1H3/t15?,18-,19+,20?/m1/s1. The Morgan fingerprint density at radius 3 is 2.04 bits per heavy atom. The van der Waals surface area contributed by atoms with Crippen LogP contribution in [0.15, 0.2) is 60.7 Å². The zero-order valence-corrected chi connectivity index (χ0v) is 13.9. The highest BCUT2D eigenvalue weighted by Gasteiger charge is 2.37. The minimum absolute atomic E-state index is 0.201. The van der Waals surface area contributed by atoms with Gasteiger partial charge in [-0.2, -0.15) is 0 Å². The second-order valence-electron chi connectivity index (χ2n) is 6.13. The molecule has 2 unspecified atom stereocenters. The zero-order valence-electron chi connectivity index (χ0n) is 13.9. The number of ether oxygens (including phenoxy) is 3. The van der Waals surface area contributed by atoms with E-state index in [0.29, 0.717) is 19.6 Å². The Morgan fingerprint density at radius 1 is 0.917 bits per heavy atom. The number of aliphatic hydroxyl groups excluding tert-OH is 1. The van der Waals surface area contributed by atoms with Gasteiger partial charge in [-0.15, -0.1) is 0 Å². The second-order valence-corrected chi connectivity index (χ2v) is 6.13. The Labute approximate surface area is 143 Å². The van der Waals surface area contributed by atoms with E-state index in [2.05, 4.69) is 0 Å². The fourth-order valence-electron chi connectivity index (χ4n) is 2.97. The lowest BCUT2D eigenvalue weighted by molar-refractivity contribution is -0.251. The molecule has 0 aliphatic carbocycles. The number of hydrogen-bond acceptors (Lipinski definition) is 4. The van der Waals surface area contributed by atoms with Crippen LogP contribution in [-0.2, 0) is 27.4 Å². The third kappa shape index (κ3) is 4.65. The SMILES string of the molecule is CC1O[C@H](O)C[C@@H](OCc2ccccc2)C1OCc1ccccc1. The van der Waals surface area contributed by atoms with Crippen molar-refractivity contribution in [2.45, 2.75) is 51.2 Å². The van der Waals surface area contributed by atoms with Crippen molar-refractivity contribution in [3.63, 3.8) is 0 Å². The maximum atomic E-state index is 9.89. The van der Waals surface area contributed by atoms with E-state index in [1.165, 1.54) is 0 Å². The summed E-state index contributed by atoms with van der Waals surface area (Å²) in [6.07, 6.45) is -1.03. The van der Waals surface area contributed by atoms with Gasteiger partial charge < -0.3 is 19.3 Å². The molecule has 128 valence electrons. The maximum absolute atomic E-state index is 9.89. The third-order valence-electron chi connectivity index (χ3n) is 4.23. The fraction of sp³-hybridized carbons (Fsp3) is 0.400. The van der Waals surface area contributed by atoms with E-state index < -0.39 is 6.29 Å². The Bertz CT molecular complexity index is 602. The van der Waals surface area contributed by atoms with Crippen LogP contribution in [0.25, 0.3) is 0 Å². The van der Waals surface area contributed by atoms with Crippen LogP contribution in [0.5, 0.6) is 0 Å². The van der Waals surface area contributed by atoms with E-state index in [-0.39, 0.29) is 18.3 Å². The molecule has 0 amide bonds. The quantitative estimate of drug-likeness (QED) is 0.884. The molecule has 2 aromatic rings.